The summed E-state index contributed by atoms with van der Waals surface area (Å²) in [6.07, 6.45) is 3.53. The highest BCUT2D eigenvalue weighted by Crippen LogP contribution is 2.33. The second kappa shape index (κ2) is 9.19. The van der Waals surface area contributed by atoms with Crippen molar-refractivity contribution in [1.82, 2.24) is 10.6 Å². The Labute approximate surface area is 122 Å². The van der Waals surface area contributed by atoms with Crippen molar-refractivity contribution in [3.63, 3.8) is 0 Å². The van der Waals surface area contributed by atoms with E-state index in [4.69, 9.17) is 9.84 Å². The number of ether oxygens (including phenoxy) is 1. The Bertz CT molecular complexity index is 284. The highest BCUT2D eigenvalue weighted by Gasteiger charge is 2.31. The van der Waals surface area contributed by atoms with Gasteiger partial charge in [0, 0.05) is 12.6 Å². The minimum absolute atomic E-state index is 0.0161. The van der Waals surface area contributed by atoms with Crippen LogP contribution in [-0.2, 0) is 4.74 Å². The Morgan fingerprint density at radius 2 is 2.10 bits per heavy atom. The van der Waals surface area contributed by atoms with Crippen LogP contribution in [0.5, 0.6) is 0 Å². The molecule has 0 heterocycles. The number of rotatable bonds is 7. The summed E-state index contributed by atoms with van der Waals surface area (Å²) in [5.74, 6) is 1.85. The van der Waals surface area contributed by atoms with E-state index in [0.717, 1.165) is 6.42 Å². The van der Waals surface area contributed by atoms with Crippen molar-refractivity contribution in [2.24, 2.45) is 17.8 Å². The molecule has 0 unspecified atom stereocenters. The van der Waals surface area contributed by atoms with Crippen molar-refractivity contribution in [2.45, 2.75) is 46.1 Å². The maximum atomic E-state index is 11.9. The van der Waals surface area contributed by atoms with Crippen molar-refractivity contribution < 1.29 is 14.6 Å². The average molecular weight is 286 g/mol. The molecule has 0 aromatic heterocycles. The van der Waals surface area contributed by atoms with Crippen molar-refractivity contribution in [3.05, 3.63) is 0 Å². The number of aliphatic hydroxyl groups excluding tert-OH is 1. The molecule has 0 saturated heterocycles. The van der Waals surface area contributed by atoms with E-state index in [1.54, 1.807) is 0 Å². The highest BCUT2D eigenvalue weighted by molar-refractivity contribution is 5.74. The maximum absolute atomic E-state index is 11.9. The molecule has 3 N–H and O–H groups in total. The topological polar surface area (TPSA) is 70.6 Å². The van der Waals surface area contributed by atoms with E-state index >= 15 is 0 Å². The van der Waals surface area contributed by atoms with E-state index in [1.807, 2.05) is 0 Å². The van der Waals surface area contributed by atoms with E-state index in [2.05, 4.69) is 31.4 Å². The van der Waals surface area contributed by atoms with Crippen LogP contribution in [0.1, 0.15) is 40.0 Å². The van der Waals surface area contributed by atoms with Crippen molar-refractivity contribution >= 4 is 6.03 Å². The lowest BCUT2D eigenvalue weighted by atomic mass is 9.74. The molecule has 1 aliphatic rings. The van der Waals surface area contributed by atoms with Crippen LogP contribution in [0.4, 0.5) is 4.79 Å². The van der Waals surface area contributed by atoms with Gasteiger partial charge in [0.25, 0.3) is 0 Å². The van der Waals surface area contributed by atoms with E-state index in [-0.39, 0.29) is 18.7 Å². The Balaban J connectivity index is 2.30. The lowest BCUT2D eigenvalue weighted by Crippen LogP contribution is -2.49. The summed E-state index contributed by atoms with van der Waals surface area (Å²) in [4.78, 5) is 11.9. The summed E-state index contributed by atoms with van der Waals surface area (Å²) < 4.78 is 5.11. The summed E-state index contributed by atoms with van der Waals surface area (Å²) in [7, 11) is 0. The minimum Gasteiger partial charge on any atom is -0.394 e. The van der Waals surface area contributed by atoms with Crippen LogP contribution in [-0.4, -0.2) is 43.5 Å². The second-order valence-corrected chi connectivity index (χ2v) is 6.17. The molecule has 1 rings (SSSR count). The molecule has 0 aromatic rings. The monoisotopic (exact) mass is 286 g/mol. The van der Waals surface area contributed by atoms with E-state index < -0.39 is 0 Å². The van der Waals surface area contributed by atoms with Gasteiger partial charge in [-0.05, 0) is 30.6 Å². The molecule has 1 aliphatic carbocycles. The molecule has 0 bridgehead atoms. The Morgan fingerprint density at radius 3 is 2.75 bits per heavy atom. The van der Waals surface area contributed by atoms with Gasteiger partial charge < -0.3 is 20.5 Å². The first kappa shape index (κ1) is 17.2. The molecule has 1 saturated carbocycles. The van der Waals surface area contributed by atoms with Crippen LogP contribution < -0.4 is 10.6 Å². The van der Waals surface area contributed by atoms with Gasteiger partial charge in [0.05, 0.1) is 19.8 Å². The molecule has 0 aromatic carbocycles. The van der Waals surface area contributed by atoms with E-state index in [9.17, 15) is 4.79 Å². The lowest BCUT2D eigenvalue weighted by molar-refractivity contribution is 0.0943. The number of carbonyl (C=O) groups excluding carboxylic acids is 1. The van der Waals surface area contributed by atoms with Crippen molar-refractivity contribution in [1.29, 1.82) is 0 Å². The normalized spacial score (nSPS) is 26.6. The number of aliphatic hydroxyl groups is 1. The number of carbonyl (C=O) groups is 1. The maximum Gasteiger partial charge on any atom is 0.315 e. The Kier molecular flexibility index (Phi) is 7.92. The number of hydrogen-bond acceptors (Lipinski definition) is 3. The van der Waals surface area contributed by atoms with Gasteiger partial charge in [-0.3, -0.25) is 0 Å². The highest BCUT2D eigenvalue weighted by atomic mass is 16.5. The van der Waals surface area contributed by atoms with Gasteiger partial charge in [0.2, 0.25) is 0 Å². The first-order chi connectivity index (χ1) is 9.54. The molecule has 20 heavy (non-hydrogen) atoms. The standard InChI is InChI=1S/C15H30N2O3/c1-11(2)13-5-4-12(3)10-14(13)17-15(19)16-6-8-20-9-7-18/h11-14,18H,4-10H2,1-3H3,(H2,16,17,19)/t12-,13+,14+/m1/s1. The predicted octanol–water partition coefficient (Wildman–Crippen LogP) is 1.76. The third-order valence-corrected chi connectivity index (χ3v) is 4.11. The zero-order chi connectivity index (χ0) is 15.0. The smallest absolute Gasteiger partial charge is 0.315 e. The fourth-order valence-electron chi connectivity index (χ4n) is 2.99. The third kappa shape index (κ3) is 6.09. The molecule has 1 fully saturated rings. The fourth-order valence-corrected chi connectivity index (χ4v) is 2.99. The van der Waals surface area contributed by atoms with Gasteiger partial charge in [-0.25, -0.2) is 4.79 Å². The quantitative estimate of drug-likeness (QED) is 0.625. The van der Waals surface area contributed by atoms with Gasteiger partial charge in [-0.15, -0.1) is 0 Å². The zero-order valence-corrected chi connectivity index (χ0v) is 13.0. The van der Waals surface area contributed by atoms with Gasteiger partial charge in [-0.1, -0.05) is 27.2 Å². The SMILES string of the molecule is CC(C)[C@@H]1CC[C@@H](C)C[C@@H]1NC(=O)NCCOCCO. The summed E-state index contributed by atoms with van der Waals surface area (Å²) >= 11 is 0. The van der Waals surface area contributed by atoms with Crippen LogP contribution in [0, 0.1) is 17.8 Å². The first-order valence-corrected chi connectivity index (χ1v) is 7.77. The van der Waals surface area contributed by atoms with Crippen LogP contribution >= 0.6 is 0 Å². The molecule has 0 spiro atoms. The Hall–Kier alpha value is -0.810. The summed E-state index contributed by atoms with van der Waals surface area (Å²) in [5.41, 5.74) is 0. The van der Waals surface area contributed by atoms with Gasteiger partial charge in [0.1, 0.15) is 0 Å². The number of urea groups is 1. The van der Waals surface area contributed by atoms with Crippen LogP contribution in [0.3, 0.4) is 0 Å². The lowest BCUT2D eigenvalue weighted by Gasteiger charge is -2.37. The fraction of sp³-hybridized carbons (Fsp3) is 0.933. The molecule has 0 aliphatic heterocycles. The van der Waals surface area contributed by atoms with Crippen molar-refractivity contribution in [3.8, 4) is 0 Å². The number of amides is 2. The first-order valence-electron chi connectivity index (χ1n) is 7.77. The van der Waals surface area contributed by atoms with Crippen molar-refractivity contribution in [2.75, 3.05) is 26.4 Å². The molecular weight excluding hydrogens is 256 g/mol. The number of hydrogen-bond donors (Lipinski definition) is 3. The largest absolute Gasteiger partial charge is 0.394 e. The summed E-state index contributed by atoms with van der Waals surface area (Å²) in [6.45, 7) is 7.96. The third-order valence-electron chi connectivity index (χ3n) is 4.11. The molecule has 5 heteroatoms. The summed E-state index contributed by atoms with van der Waals surface area (Å²) in [6, 6.07) is 0.166. The van der Waals surface area contributed by atoms with Gasteiger partial charge >= 0.3 is 6.03 Å². The van der Waals surface area contributed by atoms with Crippen LogP contribution in [0.25, 0.3) is 0 Å². The zero-order valence-electron chi connectivity index (χ0n) is 13.0. The second-order valence-electron chi connectivity index (χ2n) is 6.17. The van der Waals surface area contributed by atoms with E-state index in [0.29, 0.717) is 37.5 Å². The van der Waals surface area contributed by atoms with E-state index in [1.165, 1.54) is 12.8 Å². The Morgan fingerprint density at radius 1 is 1.35 bits per heavy atom. The molecule has 0 radical (unpaired) electrons. The summed E-state index contributed by atoms with van der Waals surface area (Å²) in [5, 5.41) is 14.5. The van der Waals surface area contributed by atoms with Crippen LogP contribution in [0.15, 0.2) is 0 Å². The average Bonchev–Trinajstić information content (AvgIpc) is 2.38. The van der Waals surface area contributed by atoms with Gasteiger partial charge in [-0.2, -0.15) is 0 Å². The minimum atomic E-state index is -0.109. The molecule has 118 valence electrons. The number of nitrogens with one attached hydrogen (secondary N) is 2. The molecule has 2 amide bonds. The molecule has 5 nitrogen and oxygen atoms in total. The van der Waals surface area contributed by atoms with Crippen LogP contribution in [0.2, 0.25) is 0 Å². The van der Waals surface area contributed by atoms with Gasteiger partial charge in [0.15, 0.2) is 0 Å². The molecule has 3 atom stereocenters. The predicted molar refractivity (Wildman–Crippen MR) is 79.6 cm³/mol. The molecular formula is C15H30N2O3.